The molecule has 1 fully saturated rings. The zero-order valence-electron chi connectivity index (χ0n) is 16.1. The fourth-order valence-electron chi connectivity index (χ4n) is 3.54. The normalized spacial score (nSPS) is 14.3. The first-order valence-electron chi connectivity index (χ1n) is 9.37. The van der Waals surface area contributed by atoms with E-state index >= 15 is 0 Å². The van der Waals surface area contributed by atoms with Crippen molar-refractivity contribution in [3.8, 4) is 6.07 Å². The molecule has 1 aromatic carbocycles. The number of hydrogen-bond acceptors (Lipinski definition) is 5. The van der Waals surface area contributed by atoms with Crippen molar-refractivity contribution in [1.29, 1.82) is 5.26 Å². The summed E-state index contributed by atoms with van der Waals surface area (Å²) in [6, 6.07) is 10.4. The van der Waals surface area contributed by atoms with E-state index in [0.717, 1.165) is 30.6 Å². The van der Waals surface area contributed by atoms with Crippen molar-refractivity contribution in [2.24, 2.45) is 7.05 Å². The number of fused-ring (bicyclic) bond motifs is 1. The number of aromatic nitrogens is 2. The van der Waals surface area contributed by atoms with Crippen LogP contribution in [0, 0.1) is 11.3 Å². The average molecular weight is 410 g/mol. The number of rotatable bonds is 4. The minimum absolute atomic E-state index is 0.259. The lowest BCUT2D eigenvalue weighted by Gasteiger charge is -2.34. The Bertz CT molecular complexity index is 1270. The van der Waals surface area contributed by atoms with Gasteiger partial charge < -0.3 is 19.8 Å². The number of aromatic amines is 1. The summed E-state index contributed by atoms with van der Waals surface area (Å²) in [4.78, 5) is 30.3. The molecule has 0 saturated carbocycles. The molecule has 3 aromatic rings. The van der Waals surface area contributed by atoms with Crippen molar-refractivity contribution >= 4 is 33.9 Å². The molecule has 1 aliphatic rings. The molecular formula is C21H20ClN5O2. The Morgan fingerprint density at radius 2 is 2.00 bits per heavy atom. The van der Waals surface area contributed by atoms with Crippen LogP contribution in [0.15, 0.2) is 39.9 Å². The van der Waals surface area contributed by atoms with Crippen molar-refractivity contribution < 1.29 is 0 Å². The van der Waals surface area contributed by atoms with Gasteiger partial charge in [0.25, 0.3) is 11.1 Å². The van der Waals surface area contributed by atoms with Crippen LogP contribution in [0.2, 0.25) is 5.02 Å². The van der Waals surface area contributed by atoms with Crippen LogP contribution in [0.3, 0.4) is 0 Å². The van der Waals surface area contributed by atoms with Crippen molar-refractivity contribution in [3.63, 3.8) is 0 Å². The predicted octanol–water partition coefficient (Wildman–Crippen LogP) is 3.14. The molecule has 3 heterocycles. The average Bonchev–Trinajstić information content (AvgIpc) is 2.66. The quantitative estimate of drug-likeness (QED) is 0.690. The van der Waals surface area contributed by atoms with E-state index in [0.29, 0.717) is 21.8 Å². The van der Waals surface area contributed by atoms with Gasteiger partial charge in [0.05, 0.1) is 22.3 Å². The predicted molar refractivity (Wildman–Crippen MR) is 115 cm³/mol. The molecule has 0 bridgehead atoms. The van der Waals surface area contributed by atoms with Gasteiger partial charge in [-0.1, -0.05) is 17.7 Å². The molecule has 1 saturated heterocycles. The minimum atomic E-state index is -0.419. The fourth-order valence-corrected chi connectivity index (χ4v) is 3.88. The smallest absolute Gasteiger partial charge is 0.274 e. The summed E-state index contributed by atoms with van der Waals surface area (Å²) in [7, 11) is 1.54. The maximum atomic E-state index is 12.7. The van der Waals surface area contributed by atoms with Crippen LogP contribution in [0.1, 0.15) is 30.6 Å². The highest BCUT2D eigenvalue weighted by Crippen LogP contribution is 2.34. The molecule has 2 N–H and O–H groups in total. The third-order valence-electron chi connectivity index (χ3n) is 5.42. The second-order valence-electron chi connectivity index (χ2n) is 7.23. The Balaban J connectivity index is 1.70. The van der Waals surface area contributed by atoms with E-state index in [9.17, 15) is 9.59 Å². The van der Waals surface area contributed by atoms with E-state index in [4.69, 9.17) is 16.9 Å². The number of nitrogens with one attached hydrogen (secondary N) is 2. The molecule has 29 heavy (non-hydrogen) atoms. The van der Waals surface area contributed by atoms with E-state index < -0.39 is 6.04 Å². The lowest BCUT2D eigenvalue weighted by Crippen LogP contribution is -2.37. The van der Waals surface area contributed by atoms with Gasteiger partial charge >= 0.3 is 0 Å². The zero-order valence-corrected chi connectivity index (χ0v) is 16.9. The summed E-state index contributed by atoms with van der Waals surface area (Å²) >= 11 is 6.55. The third-order valence-corrected chi connectivity index (χ3v) is 5.80. The highest BCUT2D eigenvalue weighted by atomic mass is 35.5. The highest BCUT2D eigenvalue weighted by Gasteiger charge is 2.20. The van der Waals surface area contributed by atoms with Crippen LogP contribution in [-0.2, 0) is 7.05 Å². The van der Waals surface area contributed by atoms with Gasteiger partial charge in [-0.15, -0.1) is 0 Å². The van der Waals surface area contributed by atoms with Gasteiger partial charge in [0.15, 0.2) is 0 Å². The van der Waals surface area contributed by atoms with Crippen LogP contribution < -0.4 is 21.3 Å². The third kappa shape index (κ3) is 3.26. The van der Waals surface area contributed by atoms with E-state index in [-0.39, 0.29) is 16.8 Å². The van der Waals surface area contributed by atoms with Gasteiger partial charge in [-0.2, -0.15) is 5.26 Å². The van der Waals surface area contributed by atoms with E-state index in [1.54, 1.807) is 18.2 Å². The maximum Gasteiger partial charge on any atom is 0.274 e. The van der Waals surface area contributed by atoms with E-state index in [1.807, 2.05) is 25.1 Å². The van der Waals surface area contributed by atoms with Crippen molar-refractivity contribution in [2.75, 3.05) is 23.3 Å². The summed E-state index contributed by atoms with van der Waals surface area (Å²) in [5.41, 5.74) is 2.05. The second kappa shape index (κ2) is 7.30. The number of halogens is 1. The molecule has 1 aliphatic heterocycles. The number of nitriles is 1. The summed E-state index contributed by atoms with van der Waals surface area (Å²) < 4.78 is 1.27. The van der Waals surface area contributed by atoms with Crippen LogP contribution in [0.4, 0.5) is 11.4 Å². The minimum Gasteiger partial charge on any atom is -0.374 e. The van der Waals surface area contributed by atoms with Crippen LogP contribution in [0.5, 0.6) is 0 Å². The largest absolute Gasteiger partial charge is 0.374 e. The van der Waals surface area contributed by atoms with Gasteiger partial charge in [0.2, 0.25) is 0 Å². The van der Waals surface area contributed by atoms with Gasteiger partial charge in [-0.25, -0.2) is 0 Å². The number of anilines is 2. The molecule has 8 heteroatoms. The number of benzene rings is 1. The van der Waals surface area contributed by atoms with Gasteiger partial charge in [-0.05, 0) is 37.6 Å². The topological polar surface area (TPSA) is 93.9 Å². The molecule has 4 rings (SSSR count). The van der Waals surface area contributed by atoms with Crippen LogP contribution in [-0.4, -0.2) is 22.6 Å². The molecular weight excluding hydrogens is 390 g/mol. The number of nitrogens with zero attached hydrogens (tertiary/aromatic N) is 3. The standard InChI is InChI=1S/C21H20ClN5O2/c1-12(24-16-6-5-14(11-23)26(2)21(16)29)15-10-13-4-7-17(27-8-3-9-27)18(22)19(13)25-20(15)28/h4-7,10,12,24H,3,8-9H2,1-2H3,(H,25,28)/t12-/m0/s1. The first-order valence-corrected chi connectivity index (χ1v) is 9.75. The van der Waals surface area contributed by atoms with Crippen LogP contribution in [0.25, 0.3) is 10.9 Å². The Morgan fingerprint density at radius 3 is 2.66 bits per heavy atom. The monoisotopic (exact) mass is 409 g/mol. The molecule has 0 amide bonds. The molecule has 0 radical (unpaired) electrons. The van der Waals surface area contributed by atoms with Gasteiger partial charge in [0.1, 0.15) is 17.5 Å². The summed E-state index contributed by atoms with van der Waals surface area (Å²) in [5, 5.41) is 13.5. The maximum absolute atomic E-state index is 12.7. The summed E-state index contributed by atoms with van der Waals surface area (Å²) in [5.74, 6) is 0. The number of H-pyrrole nitrogens is 1. The molecule has 2 aromatic heterocycles. The van der Waals surface area contributed by atoms with Gasteiger partial charge in [-0.3, -0.25) is 9.59 Å². The molecule has 0 unspecified atom stereocenters. The Labute approximate surface area is 172 Å². The zero-order chi connectivity index (χ0) is 20.7. The molecule has 0 aliphatic carbocycles. The molecule has 0 spiro atoms. The van der Waals surface area contributed by atoms with Crippen LogP contribution >= 0.6 is 11.6 Å². The first-order chi connectivity index (χ1) is 13.9. The molecule has 148 valence electrons. The van der Waals surface area contributed by atoms with Crippen molar-refractivity contribution in [3.05, 3.63) is 67.3 Å². The Kier molecular flexibility index (Phi) is 4.81. The number of hydrogen-bond donors (Lipinski definition) is 2. The van der Waals surface area contributed by atoms with Crippen molar-refractivity contribution in [1.82, 2.24) is 9.55 Å². The molecule has 1 atom stereocenters. The summed E-state index contributed by atoms with van der Waals surface area (Å²) in [6.45, 7) is 3.74. The Hall–Kier alpha value is -3.24. The number of pyridine rings is 2. The molecule has 7 nitrogen and oxygen atoms in total. The first kappa shape index (κ1) is 19.1. The summed E-state index contributed by atoms with van der Waals surface area (Å²) in [6.07, 6.45) is 1.14. The Morgan fingerprint density at radius 1 is 1.24 bits per heavy atom. The van der Waals surface area contributed by atoms with Gasteiger partial charge in [0, 0.05) is 31.1 Å². The fraction of sp³-hybridized carbons (Fsp3) is 0.286. The van der Waals surface area contributed by atoms with E-state index in [2.05, 4.69) is 15.2 Å². The lowest BCUT2D eigenvalue weighted by atomic mass is 10.1. The highest BCUT2D eigenvalue weighted by molar-refractivity contribution is 6.37. The second-order valence-corrected chi connectivity index (χ2v) is 7.61. The van der Waals surface area contributed by atoms with Crippen molar-refractivity contribution in [2.45, 2.75) is 19.4 Å². The van der Waals surface area contributed by atoms with E-state index in [1.165, 1.54) is 11.6 Å². The lowest BCUT2D eigenvalue weighted by molar-refractivity contribution is 0.618. The SMILES string of the molecule is C[C@H](Nc1ccc(C#N)n(C)c1=O)c1cc2ccc(N3CCC3)c(Cl)c2[nH]c1=O.